The van der Waals surface area contributed by atoms with Gasteiger partial charge in [0.15, 0.2) is 11.5 Å². The molecule has 0 aromatic heterocycles. The van der Waals surface area contributed by atoms with E-state index in [-0.39, 0.29) is 5.91 Å². The quantitative estimate of drug-likeness (QED) is 0.719. The molecule has 26 heavy (non-hydrogen) atoms. The van der Waals surface area contributed by atoms with Crippen LogP contribution in [0.4, 0.5) is 5.69 Å². The molecule has 1 N–H and O–H groups in total. The van der Waals surface area contributed by atoms with Crippen molar-refractivity contribution in [2.75, 3.05) is 26.1 Å². The van der Waals surface area contributed by atoms with Gasteiger partial charge >= 0.3 is 0 Å². The summed E-state index contributed by atoms with van der Waals surface area (Å²) in [4.78, 5) is 12.6. The summed E-state index contributed by atoms with van der Waals surface area (Å²) in [5.74, 6) is 0.936. The zero-order valence-corrected chi connectivity index (χ0v) is 16.2. The van der Waals surface area contributed by atoms with Crippen LogP contribution < -0.4 is 14.8 Å². The highest BCUT2D eigenvalue weighted by molar-refractivity contribution is 6.32. The normalized spacial score (nSPS) is 10.7. The number of rotatable bonds is 8. The summed E-state index contributed by atoms with van der Waals surface area (Å²) in [6, 6.07) is 10.7. The highest BCUT2D eigenvalue weighted by Crippen LogP contribution is 2.37. The molecule has 0 spiro atoms. The fourth-order valence-electron chi connectivity index (χ4n) is 2.35. The summed E-state index contributed by atoms with van der Waals surface area (Å²) in [5.41, 5.74) is 2.04. The van der Waals surface area contributed by atoms with Crippen molar-refractivity contribution in [1.82, 2.24) is 0 Å². The van der Waals surface area contributed by atoms with Crippen molar-refractivity contribution in [3.8, 4) is 11.5 Å². The van der Waals surface area contributed by atoms with Crippen molar-refractivity contribution in [1.29, 1.82) is 0 Å². The lowest BCUT2D eigenvalue weighted by molar-refractivity contribution is 0.102. The van der Waals surface area contributed by atoms with Crippen LogP contribution in [-0.4, -0.2) is 26.7 Å². The van der Waals surface area contributed by atoms with E-state index in [0.29, 0.717) is 46.9 Å². The lowest BCUT2D eigenvalue weighted by Crippen LogP contribution is -2.13. The predicted octanol–water partition coefficient (Wildman–Crippen LogP) is 4.78. The van der Waals surface area contributed by atoms with Crippen LogP contribution in [0.15, 0.2) is 36.4 Å². The number of carbonyl (C=O) groups excluding carboxylic acids is 1. The molecule has 0 saturated carbocycles. The molecule has 0 fully saturated rings. The molecule has 0 bridgehead atoms. The average Bonchev–Trinajstić information content (AvgIpc) is 2.60. The molecular formula is C20H24ClNO4. The molecule has 0 heterocycles. The van der Waals surface area contributed by atoms with E-state index in [2.05, 4.69) is 5.32 Å². The zero-order valence-electron chi connectivity index (χ0n) is 15.5. The Morgan fingerprint density at radius 1 is 1.19 bits per heavy atom. The Hall–Kier alpha value is -2.24. The number of methoxy groups -OCH3 is 2. The molecule has 1 amide bonds. The third-order valence-electron chi connectivity index (χ3n) is 3.55. The molecule has 0 aliphatic carbocycles. The Labute approximate surface area is 159 Å². The fraction of sp³-hybridized carbons (Fsp3) is 0.350. The number of nitrogens with one attached hydrogen (secondary N) is 1. The second-order valence-electron chi connectivity index (χ2n) is 6.28. The maximum absolute atomic E-state index is 12.6. The molecule has 0 aliphatic rings. The molecule has 2 aromatic rings. The summed E-state index contributed by atoms with van der Waals surface area (Å²) < 4.78 is 16.2. The van der Waals surface area contributed by atoms with Crippen LogP contribution in [0, 0.1) is 5.92 Å². The Balaban J connectivity index is 2.21. The summed E-state index contributed by atoms with van der Waals surface area (Å²) in [6.07, 6.45) is 0. The van der Waals surface area contributed by atoms with Gasteiger partial charge in [0.2, 0.25) is 0 Å². The topological polar surface area (TPSA) is 56.8 Å². The number of amides is 1. The van der Waals surface area contributed by atoms with Gasteiger partial charge in [0.25, 0.3) is 5.91 Å². The summed E-state index contributed by atoms with van der Waals surface area (Å²) in [5, 5.41) is 3.19. The van der Waals surface area contributed by atoms with Crippen molar-refractivity contribution < 1.29 is 19.0 Å². The molecule has 2 rings (SSSR count). The molecule has 0 saturated heterocycles. The smallest absolute Gasteiger partial charge is 0.255 e. The summed E-state index contributed by atoms with van der Waals surface area (Å²) >= 11 is 6.31. The lowest BCUT2D eigenvalue weighted by atomic mass is 10.1. The van der Waals surface area contributed by atoms with Gasteiger partial charge in [0.05, 0.1) is 25.3 Å². The molecule has 2 aromatic carbocycles. The Morgan fingerprint density at radius 3 is 2.62 bits per heavy atom. The van der Waals surface area contributed by atoms with Gasteiger partial charge in [0, 0.05) is 18.4 Å². The van der Waals surface area contributed by atoms with E-state index >= 15 is 0 Å². The molecule has 0 unspecified atom stereocenters. The van der Waals surface area contributed by atoms with E-state index in [1.807, 2.05) is 38.1 Å². The van der Waals surface area contributed by atoms with E-state index in [9.17, 15) is 4.79 Å². The standard InChI is InChI=1S/C20H24ClNO4/c1-13(2)11-26-19-17(21)9-15(10-18(19)25-4)20(23)22-16-7-5-6-14(8-16)12-24-3/h5-10,13H,11-12H2,1-4H3,(H,22,23). The first-order valence-electron chi connectivity index (χ1n) is 8.34. The van der Waals surface area contributed by atoms with E-state index in [0.717, 1.165) is 5.56 Å². The van der Waals surface area contributed by atoms with Gasteiger partial charge in [-0.2, -0.15) is 0 Å². The van der Waals surface area contributed by atoms with Crippen molar-refractivity contribution >= 4 is 23.2 Å². The second kappa shape index (κ2) is 9.46. The average molecular weight is 378 g/mol. The van der Waals surface area contributed by atoms with Gasteiger partial charge in [0.1, 0.15) is 0 Å². The number of carbonyl (C=O) groups is 1. The molecule has 5 nitrogen and oxygen atoms in total. The number of hydrogen-bond donors (Lipinski definition) is 1. The minimum Gasteiger partial charge on any atom is -0.493 e. The van der Waals surface area contributed by atoms with Gasteiger partial charge in [-0.15, -0.1) is 0 Å². The van der Waals surface area contributed by atoms with E-state index in [1.54, 1.807) is 19.2 Å². The van der Waals surface area contributed by atoms with Crippen LogP contribution in [0.1, 0.15) is 29.8 Å². The zero-order chi connectivity index (χ0) is 19.1. The molecule has 0 atom stereocenters. The maximum Gasteiger partial charge on any atom is 0.255 e. The minimum atomic E-state index is -0.282. The van der Waals surface area contributed by atoms with Crippen molar-refractivity contribution in [3.63, 3.8) is 0 Å². The molecule has 6 heteroatoms. The molecular weight excluding hydrogens is 354 g/mol. The SMILES string of the molecule is COCc1cccc(NC(=O)c2cc(Cl)c(OCC(C)C)c(OC)c2)c1. The first-order valence-corrected chi connectivity index (χ1v) is 8.72. The number of benzene rings is 2. The molecule has 0 radical (unpaired) electrons. The van der Waals surface area contributed by atoms with Gasteiger partial charge < -0.3 is 19.5 Å². The lowest BCUT2D eigenvalue weighted by Gasteiger charge is -2.15. The van der Waals surface area contributed by atoms with E-state index in [4.69, 9.17) is 25.8 Å². The van der Waals surface area contributed by atoms with Gasteiger partial charge in [-0.25, -0.2) is 0 Å². The Morgan fingerprint density at radius 2 is 1.96 bits per heavy atom. The number of anilines is 1. The number of ether oxygens (including phenoxy) is 3. The van der Waals surface area contributed by atoms with Crippen molar-refractivity contribution in [3.05, 3.63) is 52.5 Å². The van der Waals surface area contributed by atoms with Crippen LogP contribution in [-0.2, 0) is 11.3 Å². The Kier molecular flexibility index (Phi) is 7.30. The van der Waals surface area contributed by atoms with Crippen LogP contribution in [0.25, 0.3) is 0 Å². The first kappa shape index (κ1) is 20.1. The monoisotopic (exact) mass is 377 g/mol. The largest absolute Gasteiger partial charge is 0.493 e. The van der Waals surface area contributed by atoms with Gasteiger partial charge in [-0.05, 0) is 35.7 Å². The predicted molar refractivity (Wildman–Crippen MR) is 103 cm³/mol. The number of halogens is 1. The number of hydrogen-bond acceptors (Lipinski definition) is 4. The van der Waals surface area contributed by atoms with E-state index < -0.39 is 0 Å². The van der Waals surface area contributed by atoms with Crippen LogP contribution >= 0.6 is 11.6 Å². The third kappa shape index (κ3) is 5.38. The minimum absolute atomic E-state index is 0.282. The summed E-state index contributed by atoms with van der Waals surface area (Å²) in [7, 11) is 3.15. The van der Waals surface area contributed by atoms with Crippen molar-refractivity contribution in [2.45, 2.75) is 20.5 Å². The van der Waals surface area contributed by atoms with Crippen LogP contribution in [0.5, 0.6) is 11.5 Å². The second-order valence-corrected chi connectivity index (χ2v) is 6.69. The molecule has 140 valence electrons. The Bertz CT molecular complexity index is 761. The van der Waals surface area contributed by atoms with E-state index in [1.165, 1.54) is 7.11 Å². The highest BCUT2D eigenvalue weighted by Gasteiger charge is 2.16. The van der Waals surface area contributed by atoms with Gasteiger partial charge in [-0.1, -0.05) is 37.6 Å². The summed E-state index contributed by atoms with van der Waals surface area (Å²) in [6.45, 7) is 5.07. The maximum atomic E-state index is 12.6. The fourth-order valence-corrected chi connectivity index (χ4v) is 2.62. The van der Waals surface area contributed by atoms with Gasteiger partial charge in [-0.3, -0.25) is 4.79 Å². The molecule has 0 aliphatic heterocycles. The van der Waals surface area contributed by atoms with Crippen LogP contribution in [0.2, 0.25) is 5.02 Å². The van der Waals surface area contributed by atoms with Crippen molar-refractivity contribution in [2.24, 2.45) is 5.92 Å². The third-order valence-corrected chi connectivity index (χ3v) is 3.83. The highest BCUT2D eigenvalue weighted by atomic mass is 35.5. The first-order chi connectivity index (χ1) is 12.4. The van der Waals surface area contributed by atoms with Crippen LogP contribution in [0.3, 0.4) is 0 Å².